The summed E-state index contributed by atoms with van der Waals surface area (Å²) in [7, 11) is 1.31. The smallest absolute Gasteiger partial charge is 0.273 e. The molecule has 0 unspecified atom stereocenters. The number of thioether (sulfide) groups is 1. The number of carbonyl (C=O) groups excluding carboxylic acids is 1. The molecule has 2 rings (SSSR count). The quantitative estimate of drug-likeness (QED) is 0.473. The molecule has 0 saturated carbocycles. The number of nitro benzene ring substituents is 1. The SMILES string of the molecule is COc1cc([N+](=O)[O-])ccc1NC(=O)[C@@H](C)Sc1cc(F)ccc1F. The number of benzene rings is 2. The van der Waals surface area contributed by atoms with Gasteiger partial charge in [0.05, 0.1) is 29.0 Å². The fourth-order valence-electron chi connectivity index (χ4n) is 1.94. The molecule has 1 atom stereocenters. The van der Waals surface area contributed by atoms with Crippen molar-refractivity contribution < 1.29 is 23.2 Å². The lowest BCUT2D eigenvalue weighted by Crippen LogP contribution is -2.22. The molecule has 0 saturated heterocycles. The molecule has 0 fully saturated rings. The zero-order valence-electron chi connectivity index (χ0n) is 13.3. The average molecular weight is 368 g/mol. The van der Waals surface area contributed by atoms with Crippen molar-refractivity contribution in [1.82, 2.24) is 0 Å². The molecule has 0 aliphatic heterocycles. The van der Waals surface area contributed by atoms with Crippen molar-refractivity contribution in [2.75, 3.05) is 12.4 Å². The predicted molar refractivity (Wildman–Crippen MR) is 90.0 cm³/mol. The number of amides is 1. The van der Waals surface area contributed by atoms with E-state index in [0.29, 0.717) is 0 Å². The number of ether oxygens (including phenoxy) is 1. The molecule has 0 spiro atoms. The number of rotatable bonds is 6. The van der Waals surface area contributed by atoms with Crippen LogP contribution in [0.25, 0.3) is 0 Å². The molecule has 25 heavy (non-hydrogen) atoms. The van der Waals surface area contributed by atoms with Crippen LogP contribution in [0.1, 0.15) is 6.92 Å². The molecule has 1 amide bonds. The van der Waals surface area contributed by atoms with Crippen LogP contribution in [0.15, 0.2) is 41.3 Å². The standard InChI is InChI=1S/C16H14F2N2O4S/c1-9(25-15-7-10(17)3-5-12(15)18)16(21)19-13-6-4-11(20(22)23)8-14(13)24-2/h3-9H,1-2H3,(H,19,21)/t9-/m1/s1. The molecule has 0 radical (unpaired) electrons. The third-order valence-corrected chi connectivity index (χ3v) is 4.35. The van der Waals surface area contributed by atoms with Crippen molar-refractivity contribution in [1.29, 1.82) is 0 Å². The highest BCUT2D eigenvalue weighted by Crippen LogP contribution is 2.31. The number of hydrogen-bond donors (Lipinski definition) is 1. The Morgan fingerprint density at radius 1 is 1.28 bits per heavy atom. The third kappa shape index (κ3) is 4.66. The Hall–Kier alpha value is -2.68. The van der Waals surface area contributed by atoms with Gasteiger partial charge in [0, 0.05) is 11.0 Å². The summed E-state index contributed by atoms with van der Waals surface area (Å²) in [6.07, 6.45) is 0. The second-order valence-corrected chi connectivity index (χ2v) is 6.35. The van der Waals surface area contributed by atoms with Gasteiger partial charge in [-0.2, -0.15) is 0 Å². The molecule has 0 aliphatic carbocycles. The second-order valence-electron chi connectivity index (χ2n) is 4.97. The molecule has 2 aromatic carbocycles. The summed E-state index contributed by atoms with van der Waals surface area (Å²) < 4.78 is 31.9. The first-order chi connectivity index (χ1) is 11.8. The van der Waals surface area contributed by atoms with Crippen molar-refractivity contribution in [3.63, 3.8) is 0 Å². The average Bonchev–Trinajstić information content (AvgIpc) is 2.58. The summed E-state index contributed by atoms with van der Waals surface area (Å²) in [5, 5.41) is 12.6. The first-order valence-electron chi connectivity index (χ1n) is 7.07. The number of carbonyl (C=O) groups is 1. The Kier molecular flexibility index (Phi) is 5.92. The highest BCUT2D eigenvalue weighted by molar-refractivity contribution is 8.00. The minimum absolute atomic E-state index is 0.0123. The normalized spacial score (nSPS) is 11.7. The van der Waals surface area contributed by atoms with E-state index in [1.165, 1.54) is 32.2 Å². The van der Waals surface area contributed by atoms with E-state index in [9.17, 15) is 23.7 Å². The van der Waals surface area contributed by atoms with E-state index in [1.54, 1.807) is 0 Å². The number of hydrogen-bond acceptors (Lipinski definition) is 5. The maximum Gasteiger partial charge on any atom is 0.273 e. The van der Waals surface area contributed by atoms with Crippen LogP contribution in [-0.2, 0) is 4.79 Å². The summed E-state index contributed by atoms with van der Waals surface area (Å²) in [6, 6.07) is 6.74. The number of halogens is 2. The lowest BCUT2D eigenvalue weighted by Gasteiger charge is -2.14. The molecule has 0 heterocycles. The van der Waals surface area contributed by atoms with Crippen LogP contribution in [0.3, 0.4) is 0 Å². The van der Waals surface area contributed by atoms with Gasteiger partial charge in [-0.15, -0.1) is 11.8 Å². The monoisotopic (exact) mass is 368 g/mol. The van der Waals surface area contributed by atoms with Gasteiger partial charge >= 0.3 is 0 Å². The first-order valence-corrected chi connectivity index (χ1v) is 7.94. The Bertz CT molecular complexity index is 817. The Balaban J connectivity index is 2.13. The van der Waals surface area contributed by atoms with Crippen molar-refractivity contribution in [3.05, 3.63) is 58.1 Å². The van der Waals surface area contributed by atoms with Crippen molar-refractivity contribution >= 4 is 29.0 Å². The van der Waals surface area contributed by atoms with Crippen LogP contribution in [-0.4, -0.2) is 23.2 Å². The number of nitrogens with zero attached hydrogens (tertiary/aromatic N) is 1. The minimum atomic E-state index is -0.740. The summed E-state index contributed by atoms with van der Waals surface area (Å²) in [4.78, 5) is 22.5. The molecule has 6 nitrogen and oxygen atoms in total. The Morgan fingerprint density at radius 2 is 2.00 bits per heavy atom. The lowest BCUT2D eigenvalue weighted by atomic mass is 10.2. The van der Waals surface area contributed by atoms with E-state index in [0.717, 1.165) is 30.0 Å². The molecule has 9 heteroatoms. The van der Waals surface area contributed by atoms with Crippen LogP contribution in [0.4, 0.5) is 20.2 Å². The largest absolute Gasteiger partial charge is 0.494 e. The van der Waals surface area contributed by atoms with E-state index in [4.69, 9.17) is 4.74 Å². The molecule has 0 aromatic heterocycles. The molecule has 2 aromatic rings. The number of non-ortho nitro benzene ring substituents is 1. The zero-order valence-corrected chi connectivity index (χ0v) is 14.1. The summed E-state index contributed by atoms with van der Waals surface area (Å²) in [5.74, 6) is -1.59. The van der Waals surface area contributed by atoms with Crippen molar-refractivity contribution in [3.8, 4) is 5.75 Å². The fraction of sp³-hybridized carbons (Fsp3) is 0.188. The van der Waals surface area contributed by atoms with E-state index >= 15 is 0 Å². The number of nitrogens with one attached hydrogen (secondary N) is 1. The molecular formula is C16H14F2N2O4S. The summed E-state index contributed by atoms with van der Waals surface area (Å²) in [6.45, 7) is 1.53. The van der Waals surface area contributed by atoms with Crippen LogP contribution in [0.5, 0.6) is 5.75 Å². The molecule has 132 valence electrons. The fourth-order valence-corrected chi connectivity index (χ4v) is 2.85. The van der Waals surface area contributed by atoms with Crippen LogP contribution in [0.2, 0.25) is 0 Å². The molecule has 0 aliphatic rings. The maximum absolute atomic E-state index is 13.7. The second kappa shape index (κ2) is 7.93. The van der Waals surface area contributed by atoms with E-state index in [1.807, 2.05) is 0 Å². The van der Waals surface area contributed by atoms with Gasteiger partial charge in [0.25, 0.3) is 5.69 Å². The van der Waals surface area contributed by atoms with E-state index in [2.05, 4.69) is 5.32 Å². The minimum Gasteiger partial charge on any atom is -0.494 e. The van der Waals surface area contributed by atoms with Gasteiger partial charge in [-0.05, 0) is 31.2 Å². The van der Waals surface area contributed by atoms with Gasteiger partial charge < -0.3 is 10.1 Å². The number of anilines is 1. The van der Waals surface area contributed by atoms with Gasteiger partial charge in [0.15, 0.2) is 0 Å². The first kappa shape index (κ1) is 18.7. The Labute approximate surface area is 146 Å². The highest BCUT2D eigenvalue weighted by Gasteiger charge is 2.19. The van der Waals surface area contributed by atoms with Crippen molar-refractivity contribution in [2.45, 2.75) is 17.1 Å². The van der Waals surface area contributed by atoms with Crippen LogP contribution in [0, 0.1) is 21.7 Å². The summed E-state index contributed by atoms with van der Waals surface area (Å²) >= 11 is 0.857. The maximum atomic E-state index is 13.7. The van der Waals surface area contributed by atoms with E-state index in [-0.39, 0.29) is 22.0 Å². The highest BCUT2D eigenvalue weighted by atomic mass is 32.2. The van der Waals surface area contributed by atoms with Gasteiger partial charge in [-0.3, -0.25) is 14.9 Å². The Morgan fingerprint density at radius 3 is 2.64 bits per heavy atom. The van der Waals surface area contributed by atoms with Gasteiger partial charge in [0.1, 0.15) is 17.4 Å². The number of nitro groups is 1. The van der Waals surface area contributed by atoms with Gasteiger partial charge in [-0.1, -0.05) is 0 Å². The predicted octanol–water partition coefficient (Wildman–Crippen LogP) is 4.00. The molecular weight excluding hydrogens is 354 g/mol. The van der Waals surface area contributed by atoms with E-state index < -0.39 is 27.7 Å². The van der Waals surface area contributed by atoms with Crippen molar-refractivity contribution in [2.24, 2.45) is 0 Å². The van der Waals surface area contributed by atoms with Crippen LogP contribution < -0.4 is 10.1 Å². The topological polar surface area (TPSA) is 81.5 Å². The van der Waals surface area contributed by atoms with Gasteiger partial charge in [0.2, 0.25) is 5.91 Å². The summed E-state index contributed by atoms with van der Waals surface area (Å²) in [5.41, 5.74) is 0.0596. The number of methoxy groups -OCH3 is 1. The third-order valence-electron chi connectivity index (χ3n) is 3.22. The zero-order chi connectivity index (χ0) is 18.6. The van der Waals surface area contributed by atoms with Crippen LogP contribution >= 0.6 is 11.8 Å². The lowest BCUT2D eigenvalue weighted by molar-refractivity contribution is -0.384. The molecule has 1 N–H and O–H groups in total. The van der Waals surface area contributed by atoms with Gasteiger partial charge in [-0.25, -0.2) is 8.78 Å². The molecule has 0 bridgehead atoms.